The molecule has 0 atom stereocenters. The molecule has 1 rings (SSSR count). The summed E-state index contributed by atoms with van der Waals surface area (Å²) in [5.41, 5.74) is 7.87. The molecule has 0 unspecified atom stereocenters. The lowest BCUT2D eigenvalue weighted by Crippen LogP contribution is -2.34. The lowest BCUT2D eigenvalue weighted by Gasteiger charge is -2.21. The number of nitrogen functional groups attached to an aromatic ring is 1. The molecule has 108 valence electrons. The average molecular weight is 285 g/mol. The first-order chi connectivity index (χ1) is 8.66. The van der Waals surface area contributed by atoms with E-state index >= 15 is 0 Å². The van der Waals surface area contributed by atoms with E-state index in [4.69, 9.17) is 5.73 Å². The van der Waals surface area contributed by atoms with Crippen molar-refractivity contribution < 1.29 is 8.42 Å². The summed E-state index contributed by atoms with van der Waals surface area (Å²) in [6.07, 6.45) is 0. The highest BCUT2D eigenvalue weighted by molar-refractivity contribution is 7.89. The molecular weight excluding hydrogens is 262 g/mol. The first-order valence-corrected chi connectivity index (χ1v) is 7.58. The Morgan fingerprint density at radius 2 is 1.68 bits per heavy atom. The van der Waals surface area contributed by atoms with E-state index in [1.165, 1.54) is 10.4 Å². The third-order valence-corrected chi connectivity index (χ3v) is 5.18. The predicted molar refractivity (Wildman–Crippen MR) is 78.7 cm³/mol. The zero-order valence-electron chi connectivity index (χ0n) is 12.3. The molecule has 0 radical (unpaired) electrons. The van der Waals surface area contributed by atoms with Gasteiger partial charge < -0.3 is 10.6 Å². The molecule has 2 N–H and O–H groups in total. The van der Waals surface area contributed by atoms with Crippen LogP contribution in [-0.4, -0.2) is 51.9 Å². The largest absolute Gasteiger partial charge is 0.399 e. The average Bonchev–Trinajstić information content (AvgIpc) is 2.30. The normalized spacial score (nSPS) is 12.4. The molecule has 0 aliphatic carbocycles. The van der Waals surface area contributed by atoms with Crippen LogP contribution >= 0.6 is 0 Å². The van der Waals surface area contributed by atoms with Crippen molar-refractivity contribution in [1.29, 1.82) is 0 Å². The van der Waals surface area contributed by atoms with E-state index in [-0.39, 0.29) is 0 Å². The smallest absolute Gasteiger partial charge is 0.243 e. The second kappa shape index (κ2) is 5.90. The number of rotatable bonds is 5. The minimum absolute atomic E-state index is 0.297. The quantitative estimate of drug-likeness (QED) is 0.822. The van der Waals surface area contributed by atoms with Crippen LogP contribution in [0.3, 0.4) is 0 Å². The molecule has 1 aromatic carbocycles. The molecule has 0 aliphatic heterocycles. The summed E-state index contributed by atoms with van der Waals surface area (Å²) < 4.78 is 26.4. The summed E-state index contributed by atoms with van der Waals surface area (Å²) in [5, 5.41) is 0. The number of hydrogen-bond acceptors (Lipinski definition) is 4. The van der Waals surface area contributed by atoms with Gasteiger partial charge in [-0.25, -0.2) is 8.42 Å². The number of likely N-dealkylation sites (N-methyl/N-ethyl adjacent to an activating group) is 2. The molecule has 0 bridgehead atoms. The van der Waals surface area contributed by atoms with Crippen molar-refractivity contribution >= 4 is 15.7 Å². The van der Waals surface area contributed by atoms with Crippen molar-refractivity contribution in [2.24, 2.45) is 0 Å². The lowest BCUT2D eigenvalue weighted by atomic mass is 10.1. The highest BCUT2D eigenvalue weighted by Gasteiger charge is 2.23. The summed E-state index contributed by atoms with van der Waals surface area (Å²) in [7, 11) is 1.94. The second-order valence-corrected chi connectivity index (χ2v) is 7.10. The van der Waals surface area contributed by atoms with Gasteiger partial charge in [-0.3, -0.25) is 0 Å². The van der Waals surface area contributed by atoms with Crippen molar-refractivity contribution in [3.63, 3.8) is 0 Å². The van der Waals surface area contributed by atoms with Gasteiger partial charge in [-0.15, -0.1) is 0 Å². The molecule has 0 saturated carbocycles. The van der Waals surface area contributed by atoms with Crippen LogP contribution in [0.4, 0.5) is 5.69 Å². The van der Waals surface area contributed by atoms with Crippen molar-refractivity contribution in [3.05, 3.63) is 23.3 Å². The molecule has 0 fully saturated rings. The van der Waals surface area contributed by atoms with Gasteiger partial charge in [0.1, 0.15) is 0 Å². The number of aryl methyl sites for hydroxylation is 1. The van der Waals surface area contributed by atoms with E-state index in [9.17, 15) is 8.42 Å². The van der Waals surface area contributed by atoms with Crippen molar-refractivity contribution in [1.82, 2.24) is 9.21 Å². The van der Waals surface area contributed by atoms with Crippen LogP contribution in [0.25, 0.3) is 0 Å². The first kappa shape index (κ1) is 15.9. The highest BCUT2D eigenvalue weighted by atomic mass is 32.2. The lowest BCUT2D eigenvalue weighted by molar-refractivity contribution is 0.358. The monoisotopic (exact) mass is 285 g/mol. The number of sulfonamides is 1. The van der Waals surface area contributed by atoms with Gasteiger partial charge in [0.25, 0.3) is 0 Å². The van der Waals surface area contributed by atoms with Gasteiger partial charge in [0, 0.05) is 25.8 Å². The fourth-order valence-corrected chi connectivity index (χ4v) is 3.24. The van der Waals surface area contributed by atoms with Crippen LogP contribution in [0, 0.1) is 13.8 Å². The summed E-state index contributed by atoms with van der Waals surface area (Å²) in [5.74, 6) is 0. The number of benzene rings is 1. The van der Waals surface area contributed by atoms with Gasteiger partial charge in [0.15, 0.2) is 0 Å². The van der Waals surface area contributed by atoms with Gasteiger partial charge >= 0.3 is 0 Å². The Hall–Kier alpha value is -1.11. The summed E-state index contributed by atoms with van der Waals surface area (Å²) in [4.78, 5) is 2.25. The topological polar surface area (TPSA) is 66.6 Å². The zero-order chi connectivity index (χ0) is 14.8. The first-order valence-electron chi connectivity index (χ1n) is 6.14. The molecule has 1 aromatic rings. The number of hydrogen-bond donors (Lipinski definition) is 1. The summed E-state index contributed by atoms with van der Waals surface area (Å²) in [6.45, 7) is 4.80. The highest BCUT2D eigenvalue weighted by Crippen LogP contribution is 2.24. The van der Waals surface area contributed by atoms with E-state index in [0.717, 1.165) is 11.1 Å². The molecule has 0 heterocycles. The van der Waals surface area contributed by atoms with Gasteiger partial charge in [0.05, 0.1) is 4.90 Å². The zero-order valence-corrected chi connectivity index (χ0v) is 13.1. The Labute approximate surface area is 116 Å². The van der Waals surface area contributed by atoms with Crippen molar-refractivity contribution in [3.8, 4) is 0 Å². The van der Waals surface area contributed by atoms with Crippen LogP contribution < -0.4 is 5.73 Å². The second-order valence-electron chi connectivity index (χ2n) is 5.09. The summed E-state index contributed by atoms with van der Waals surface area (Å²) in [6, 6.07) is 3.32. The van der Waals surface area contributed by atoms with E-state index in [2.05, 4.69) is 0 Å². The third-order valence-electron chi connectivity index (χ3n) is 3.19. The minimum atomic E-state index is -3.48. The molecule has 19 heavy (non-hydrogen) atoms. The maximum atomic E-state index is 12.5. The van der Waals surface area contributed by atoms with E-state index < -0.39 is 10.0 Å². The molecule has 0 saturated heterocycles. The molecule has 5 nitrogen and oxygen atoms in total. The third kappa shape index (κ3) is 3.68. The van der Waals surface area contributed by atoms with Crippen molar-refractivity contribution in [2.45, 2.75) is 18.7 Å². The Balaban J connectivity index is 3.13. The van der Waals surface area contributed by atoms with Crippen LogP contribution in [-0.2, 0) is 10.0 Å². The molecule has 6 heteroatoms. The van der Waals surface area contributed by atoms with E-state index in [1.807, 2.05) is 25.9 Å². The molecule has 0 spiro atoms. The minimum Gasteiger partial charge on any atom is -0.399 e. The molecule has 0 aliphatic rings. The molecular formula is C13H23N3O2S. The van der Waals surface area contributed by atoms with E-state index in [0.29, 0.717) is 23.7 Å². The summed E-state index contributed by atoms with van der Waals surface area (Å²) >= 11 is 0. The van der Waals surface area contributed by atoms with Crippen LogP contribution in [0.2, 0.25) is 0 Å². The van der Waals surface area contributed by atoms with Gasteiger partial charge in [-0.2, -0.15) is 4.31 Å². The number of nitrogens with two attached hydrogens (primary N) is 1. The predicted octanol–water partition coefficient (Wildman–Crippen LogP) is 1.07. The van der Waals surface area contributed by atoms with Crippen LogP contribution in [0.1, 0.15) is 11.1 Å². The molecule has 0 amide bonds. The fraction of sp³-hybridized carbons (Fsp3) is 0.538. The number of anilines is 1. The Morgan fingerprint density at radius 1 is 1.11 bits per heavy atom. The van der Waals surface area contributed by atoms with Gasteiger partial charge in [-0.1, -0.05) is 0 Å². The maximum absolute atomic E-state index is 12.5. The Kier molecular flexibility index (Phi) is 4.95. The molecule has 0 aromatic heterocycles. The SMILES string of the molecule is Cc1cc(N)cc(S(=O)(=O)N(C)CCN(C)C)c1C. The standard InChI is InChI=1S/C13H23N3O2S/c1-10-8-12(14)9-13(11(10)2)19(17,18)16(5)7-6-15(3)4/h8-9H,6-7,14H2,1-5H3. The van der Waals surface area contributed by atoms with Gasteiger partial charge in [0.2, 0.25) is 10.0 Å². The Bertz CT molecular complexity index is 553. The maximum Gasteiger partial charge on any atom is 0.243 e. The van der Waals surface area contributed by atoms with E-state index in [1.54, 1.807) is 20.0 Å². The Morgan fingerprint density at radius 3 is 2.21 bits per heavy atom. The fourth-order valence-electron chi connectivity index (χ4n) is 1.75. The van der Waals surface area contributed by atoms with Crippen LogP contribution in [0.5, 0.6) is 0 Å². The van der Waals surface area contributed by atoms with Crippen molar-refractivity contribution in [2.75, 3.05) is 40.0 Å². The van der Waals surface area contributed by atoms with Crippen LogP contribution in [0.15, 0.2) is 17.0 Å². The number of nitrogens with zero attached hydrogens (tertiary/aromatic N) is 2. The van der Waals surface area contributed by atoms with Gasteiger partial charge in [-0.05, 0) is 51.2 Å².